The van der Waals surface area contributed by atoms with Crippen molar-refractivity contribution >= 4 is 5.97 Å². The molecule has 100 valence electrons. The SMILES string of the molecule is COC(=O)c1ccnc(Oc2cnn(C(C)C)c2)c1. The van der Waals surface area contributed by atoms with Crippen molar-refractivity contribution in [3.05, 3.63) is 36.3 Å². The van der Waals surface area contributed by atoms with Gasteiger partial charge in [0.25, 0.3) is 0 Å². The smallest absolute Gasteiger partial charge is 0.338 e. The van der Waals surface area contributed by atoms with Gasteiger partial charge >= 0.3 is 5.97 Å². The predicted molar refractivity (Wildman–Crippen MR) is 68.3 cm³/mol. The number of esters is 1. The van der Waals surface area contributed by atoms with Crippen LogP contribution in [0.2, 0.25) is 0 Å². The molecule has 2 heterocycles. The molecule has 0 aromatic carbocycles. The molecule has 2 aromatic rings. The van der Waals surface area contributed by atoms with Crippen LogP contribution in [0.25, 0.3) is 0 Å². The van der Waals surface area contributed by atoms with Crippen molar-refractivity contribution in [1.82, 2.24) is 14.8 Å². The molecule has 0 radical (unpaired) electrons. The van der Waals surface area contributed by atoms with E-state index in [1.165, 1.54) is 19.4 Å². The number of methoxy groups -OCH3 is 1. The highest BCUT2D eigenvalue weighted by Crippen LogP contribution is 2.20. The second kappa shape index (κ2) is 5.51. The Bertz CT molecular complexity index is 578. The molecular weight excluding hydrogens is 246 g/mol. The van der Waals surface area contributed by atoms with E-state index < -0.39 is 5.97 Å². The summed E-state index contributed by atoms with van der Waals surface area (Å²) in [6, 6.07) is 3.35. The average Bonchev–Trinajstić information content (AvgIpc) is 2.87. The summed E-state index contributed by atoms with van der Waals surface area (Å²) in [7, 11) is 1.33. The van der Waals surface area contributed by atoms with Crippen molar-refractivity contribution in [2.45, 2.75) is 19.9 Å². The molecule has 0 aliphatic rings. The molecule has 6 heteroatoms. The van der Waals surface area contributed by atoms with Gasteiger partial charge in [-0.1, -0.05) is 0 Å². The van der Waals surface area contributed by atoms with Gasteiger partial charge in [0, 0.05) is 18.3 Å². The maximum absolute atomic E-state index is 11.4. The minimum Gasteiger partial charge on any atom is -0.465 e. The molecule has 2 rings (SSSR count). The Hall–Kier alpha value is -2.37. The highest BCUT2D eigenvalue weighted by molar-refractivity contribution is 5.89. The van der Waals surface area contributed by atoms with Gasteiger partial charge in [0.15, 0.2) is 5.75 Å². The van der Waals surface area contributed by atoms with E-state index in [1.54, 1.807) is 23.1 Å². The monoisotopic (exact) mass is 261 g/mol. The van der Waals surface area contributed by atoms with Gasteiger partial charge < -0.3 is 9.47 Å². The maximum atomic E-state index is 11.4. The van der Waals surface area contributed by atoms with E-state index in [4.69, 9.17) is 4.74 Å². The molecule has 0 aliphatic heterocycles. The van der Waals surface area contributed by atoms with Crippen LogP contribution in [-0.4, -0.2) is 27.8 Å². The van der Waals surface area contributed by atoms with Crippen LogP contribution in [0.5, 0.6) is 11.6 Å². The fourth-order valence-corrected chi connectivity index (χ4v) is 1.49. The third-order valence-electron chi connectivity index (χ3n) is 2.49. The van der Waals surface area contributed by atoms with E-state index in [9.17, 15) is 4.79 Å². The van der Waals surface area contributed by atoms with Gasteiger partial charge in [0.05, 0.1) is 25.1 Å². The first-order valence-corrected chi connectivity index (χ1v) is 5.86. The van der Waals surface area contributed by atoms with E-state index >= 15 is 0 Å². The highest BCUT2D eigenvalue weighted by atomic mass is 16.5. The molecule has 0 unspecified atom stereocenters. The first-order valence-electron chi connectivity index (χ1n) is 5.86. The van der Waals surface area contributed by atoms with Crippen molar-refractivity contribution in [3.8, 4) is 11.6 Å². The molecule has 0 saturated heterocycles. The lowest BCUT2D eigenvalue weighted by atomic mass is 10.3. The van der Waals surface area contributed by atoms with Crippen LogP contribution in [0.1, 0.15) is 30.2 Å². The summed E-state index contributed by atoms with van der Waals surface area (Å²) < 4.78 is 12.0. The standard InChI is InChI=1S/C13H15N3O3/c1-9(2)16-8-11(7-15-16)19-12-6-10(4-5-14-12)13(17)18-3/h4-9H,1-3H3. The molecule has 2 aromatic heterocycles. The molecule has 0 saturated carbocycles. The number of nitrogens with zero attached hydrogens (tertiary/aromatic N) is 3. The molecule has 19 heavy (non-hydrogen) atoms. The summed E-state index contributed by atoms with van der Waals surface area (Å²) in [5.74, 6) is 0.472. The van der Waals surface area contributed by atoms with Crippen molar-refractivity contribution in [2.75, 3.05) is 7.11 Å². The van der Waals surface area contributed by atoms with Crippen LogP contribution in [0.4, 0.5) is 0 Å². The highest BCUT2D eigenvalue weighted by Gasteiger charge is 2.09. The lowest BCUT2D eigenvalue weighted by Crippen LogP contribution is -2.01. The Kier molecular flexibility index (Phi) is 3.79. The quantitative estimate of drug-likeness (QED) is 0.791. The van der Waals surface area contributed by atoms with Crippen molar-refractivity contribution in [1.29, 1.82) is 0 Å². The van der Waals surface area contributed by atoms with Crippen LogP contribution >= 0.6 is 0 Å². The number of pyridine rings is 1. The summed E-state index contributed by atoms with van der Waals surface area (Å²) in [6.45, 7) is 4.04. The fourth-order valence-electron chi connectivity index (χ4n) is 1.49. The molecule has 0 atom stereocenters. The summed E-state index contributed by atoms with van der Waals surface area (Å²) in [6.07, 6.45) is 4.87. The molecule has 0 amide bonds. The second-order valence-electron chi connectivity index (χ2n) is 4.23. The van der Waals surface area contributed by atoms with Crippen LogP contribution < -0.4 is 4.74 Å². The zero-order chi connectivity index (χ0) is 13.8. The lowest BCUT2D eigenvalue weighted by Gasteiger charge is -2.04. The minimum absolute atomic E-state index is 0.256. The van der Waals surface area contributed by atoms with E-state index in [1.807, 2.05) is 13.8 Å². The van der Waals surface area contributed by atoms with Gasteiger partial charge in [-0.05, 0) is 19.9 Å². The van der Waals surface area contributed by atoms with Crippen LogP contribution in [0.3, 0.4) is 0 Å². The van der Waals surface area contributed by atoms with Crippen LogP contribution in [0, 0.1) is 0 Å². The Morgan fingerprint density at radius 3 is 2.84 bits per heavy atom. The van der Waals surface area contributed by atoms with E-state index in [0.717, 1.165) is 0 Å². The number of hydrogen-bond donors (Lipinski definition) is 0. The van der Waals surface area contributed by atoms with Gasteiger partial charge in [-0.15, -0.1) is 0 Å². The summed E-state index contributed by atoms with van der Waals surface area (Å²) in [5.41, 5.74) is 0.392. The fraction of sp³-hybridized carbons (Fsp3) is 0.308. The van der Waals surface area contributed by atoms with Crippen LogP contribution in [0.15, 0.2) is 30.7 Å². The summed E-state index contributed by atoms with van der Waals surface area (Å²) in [4.78, 5) is 15.4. The number of carbonyl (C=O) groups is 1. The van der Waals surface area contributed by atoms with Gasteiger partial charge in [-0.25, -0.2) is 9.78 Å². The van der Waals surface area contributed by atoms with Crippen molar-refractivity contribution in [2.24, 2.45) is 0 Å². The normalized spacial score (nSPS) is 10.5. The largest absolute Gasteiger partial charge is 0.465 e. The minimum atomic E-state index is -0.426. The average molecular weight is 261 g/mol. The Morgan fingerprint density at radius 1 is 1.42 bits per heavy atom. The number of hydrogen-bond acceptors (Lipinski definition) is 5. The molecule has 0 fully saturated rings. The number of rotatable bonds is 4. The molecular formula is C13H15N3O3. The summed E-state index contributed by atoms with van der Waals surface area (Å²) in [5, 5.41) is 4.16. The summed E-state index contributed by atoms with van der Waals surface area (Å²) >= 11 is 0. The zero-order valence-electron chi connectivity index (χ0n) is 11.0. The van der Waals surface area contributed by atoms with E-state index in [0.29, 0.717) is 17.2 Å². The maximum Gasteiger partial charge on any atom is 0.338 e. The molecule has 0 spiro atoms. The van der Waals surface area contributed by atoms with Gasteiger partial charge in [-0.3, -0.25) is 4.68 Å². The number of aromatic nitrogens is 3. The molecule has 0 aliphatic carbocycles. The molecule has 6 nitrogen and oxygen atoms in total. The Labute approximate surface area is 111 Å². The predicted octanol–water partition coefficient (Wildman–Crippen LogP) is 2.44. The zero-order valence-corrected chi connectivity index (χ0v) is 11.0. The lowest BCUT2D eigenvalue weighted by molar-refractivity contribution is 0.0600. The third-order valence-corrected chi connectivity index (χ3v) is 2.49. The Balaban J connectivity index is 2.16. The van der Waals surface area contributed by atoms with Crippen molar-refractivity contribution in [3.63, 3.8) is 0 Å². The van der Waals surface area contributed by atoms with Crippen LogP contribution in [-0.2, 0) is 4.74 Å². The first-order chi connectivity index (χ1) is 9.10. The first kappa shape index (κ1) is 13.1. The number of carbonyl (C=O) groups excluding carboxylic acids is 1. The molecule has 0 N–H and O–H groups in total. The van der Waals surface area contributed by atoms with Gasteiger partial charge in [-0.2, -0.15) is 5.10 Å². The van der Waals surface area contributed by atoms with Gasteiger partial charge in [0.2, 0.25) is 5.88 Å². The Morgan fingerprint density at radius 2 is 2.21 bits per heavy atom. The van der Waals surface area contributed by atoms with E-state index in [2.05, 4.69) is 14.8 Å². The number of ether oxygens (including phenoxy) is 2. The second-order valence-corrected chi connectivity index (χ2v) is 4.23. The third kappa shape index (κ3) is 3.09. The topological polar surface area (TPSA) is 66.2 Å². The van der Waals surface area contributed by atoms with Gasteiger partial charge in [0.1, 0.15) is 0 Å². The van der Waals surface area contributed by atoms with Crippen molar-refractivity contribution < 1.29 is 14.3 Å². The molecule has 0 bridgehead atoms. The van der Waals surface area contributed by atoms with E-state index in [-0.39, 0.29) is 6.04 Å².